The van der Waals surface area contributed by atoms with Gasteiger partial charge in [0.2, 0.25) is 0 Å². The Morgan fingerprint density at radius 3 is 2.47 bits per heavy atom. The van der Waals surface area contributed by atoms with Gasteiger partial charge >= 0.3 is 0 Å². The maximum absolute atomic E-state index is 9.78. The molecule has 0 atom stereocenters. The average molecular weight is 224 g/mol. The van der Waals surface area contributed by atoms with Gasteiger partial charge in [0.1, 0.15) is 17.1 Å². The van der Waals surface area contributed by atoms with Crippen molar-refractivity contribution in [1.82, 2.24) is 9.55 Å². The number of rotatable bonds is 1. The van der Waals surface area contributed by atoms with Gasteiger partial charge in [-0.15, -0.1) is 0 Å². The van der Waals surface area contributed by atoms with E-state index in [-0.39, 0.29) is 5.75 Å². The van der Waals surface area contributed by atoms with Crippen LogP contribution in [0.1, 0.15) is 0 Å². The largest absolute Gasteiger partial charge is 0.506 e. The highest BCUT2D eigenvalue weighted by Gasteiger charge is 2.11. The maximum Gasteiger partial charge on any atom is 0.143 e. The van der Waals surface area contributed by atoms with Crippen LogP contribution < -0.4 is 0 Å². The Labute approximate surface area is 99.0 Å². The number of aryl methyl sites for hydroxylation is 1. The standard InChI is InChI=1S/C14H12N2O/c1-16-11-8-5-9-12(17)13(11)15-14(16)10-6-3-2-4-7-10/h2-9,17H,1H3. The number of fused-ring (bicyclic) bond motifs is 1. The average Bonchev–Trinajstić information content (AvgIpc) is 2.70. The number of phenolic OH excluding ortho intramolecular Hbond substituents is 1. The lowest BCUT2D eigenvalue weighted by Gasteiger charge is -2.01. The molecule has 17 heavy (non-hydrogen) atoms. The first-order valence-electron chi connectivity index (χ1n) is 5.47. The summed E-state index contributed by atoms with van der Waals surface area (Å²) in [5, 5.41) is 9.78. The van der Waals surface area contributed by atoms with Crippen molar-refractivity contribution in [2.45, 2.75) is 0 Å². The molecule has 0 radical (unpaired) electrons. The molecule has 0 spiro atoms. The molecule has 3 nitrogen and oxygen atoms in total. The van der Waals surface area contributed by atoms with Crippen LogP contribution in [-0.2, 0) is 7.05 Å². The number of nitrogens with zero attached hydrogens (tertiary/aromatic N) is 2. The maximum atomic E-state index is 9.78. The topological polar surface area (TPSA) is 38.0 Å². The van der Waals surface area contributed by atoms with Gasteiger partial charge in [0, 0.05) is 12.6 Å². The summed E-state index contributed by atoms with van der Waals surface area (Å²) in [6.07, 6.45) is 0. The first kappa shape index (κ1) is 9.90. The monoisotopic (exact) mass is 224 g/mol. The Hall–Kier alpha value is -2.29. The molecule has 1 N–H and O–H groups in total. The Morgan fingerprint density at radius 2 is 1.76 bits per heavy atom. The van der Waals surface area contributed by atoms with Gasteiger partial charge in [-0.2, -0.15) is 0 Å². The van der Waals surface area contributed by atoms with Crippen molar-refractivity contribution in [1.29, 1.82) is 0 Å². The number of benzene rings is 2. The molecular weight excluding hydrogens is 212 g/mol. The highest BCUT2D eigenvalue weighted by Crippen LogP contribution is 2.28. The molecule has 0 aliphatic heterocycles. The minimum absolute atomic E-state index is 0.222. The minimum atomic E-state index is 0.222. The van der Waals surface area contributed by atoms with Gasteiger partial charge in [-0.1, -0.05) is 36.4 Å². The van der Waals surface area contributed by atoms with Crippen molar-refractivity contribution >= 4 is 11.0 Å². The molecule has 3 rings (SSSR count). The summed E-state index contributed by atoms with van der Waals surface area (Å²) in [7, 11) is 1.96. The van der Waals surface area contributed by atoms with Gasteiger partial charge in [-0.25, -0.2) is 4.98 Å². The van der Waals surface area contributed by atoms with Gasteiger partial charge < -0.3 is 9.67 Å². The zero-order chi connectivity index (χ0) is 11.8. The second-order valence-electron chi connectivity index (χ2n) is 4.01. The van der Waals surface area contributed by atoms with E-state index < -0.39 is 0 Å². The van der Waals surface area contributed by atoms with Crippen molar-refractivity contribution in [3.05, 3.63) is 48.5 Å². The van der Waals surface area contributed by atoms with Gasteiger partial charge in [-0.05, 0) is 12.1 Å². The van der Waals surface area contributed by atoms with E-state index in [1.807, 2.05) is 54.1 Å². The number of phenols is 1. The number of para-hydroxylation sites is 1. The van der Waals surface area contributed by atoms with Gasteiger partial charge in [0.25, 0.3) is 0 Å². The molecular formula is C14H12N2O. The molecule has 0 saturated heterocycles. The van der Waals surface area contributed by atoms with Crippen molar-refractivity contribution in [3.63, 3.8) is 0 Å². The van der Waals surface area contributed by atoms with Crippen LogP contribution in [0.2, 0.25) is 0 Å². The highest BCUT2D eigenvalue weighted by atomic mass is 16.3. The van der Waals surface area contributed by atoms with Crippen molar-refractivity contribution in [2.24, 2.45) is 7.05 Å². The SMILES string of the molecule is Cn1c(-c2ccccc2)nc2c(O)cccc21. The number of aromatic hydroxyl groups is 1. The molecule has 0 saturated carbocycles. The third-order valence-electron chi connectivity index (χ3n) is 2.92. The van der Waals surface area contributed by atoms with E-state index >= 15 is 0 Å². The summed E-state index contributed by atoms with van der Waals surface area (Å²) in [5.74, 6) is 1.09. The summed E-state index contributed by atoms with van der Waals surface area (Å²) in [6, 6.07) is 15.4. The molecule has 0 fully saturated rings. The molecule has 3 heteroatoms. The predicted molar refractivity (Wildman–Crippen MR) is 67.8 cm³/mol. The van der Waals surface area contributed by atoms with Gasteiger partial charge in [0.05, 0.1) is 5.52 Å². The normalized spacial score (nSPS) is 10.9. The lowest BCUT2D eigenvalue weighted by molar-refractivity contribution is 0.480. The second kappa shape index (κ2) is 3.63. The first-order valence-corrected chi connectivity index (χ1v) is 5.47. The summed E-state index contributed by atoms with van der Waals surface area (Å²) in [4.78, 5) is 4.50. The highest BCUT2D eigenvalue weighted by molar-refractivity contribution is 5.85. The fourth-order valence-corrected chi connectivity index (χ4v) is 2.05. The van der Waals surface area contributed by atoms with Crippen LogP contribution in [0.25, 0.3) is 22.4 Å². The predicted octanol–water partition coefficient (Wildman–Crippen LogP) is 2.95. The second-order valence-corrected chi connectivity index (χ2v) is 4.01. The molecule has 0 amide bonds. The Bertz CT molecular complexity index is 671. The van der Waals surface area contributed by atoms with Crippen LogP contribution >= 0.6 is 0 Å². The van der Waals surface area contributed by atoms with E-state index in [1.165, 1.54) is 0 Å². The molecule has 1 aromatic heterocycles. The summed E-state index contributed by atoms with van der Waals surface area (Å²) >= 11 is 0. The minimum Gasteiger partial charge on any atom is -0.506 e. The molecule has 84 valence electrons. The van der Waals surface area contributed by atoms with E-state index in [2.05, 4.69) is 4.98 Å². The van der Waals surface area contributed by atoms with Crippen molar-refractivity contribution in [3.8, 4) is 17.1 Å². The van der Waals surface area contributed by atoms with E-state index in [0.717, 1.165) is 16.9 Å². The Kier molecular flexibility index (Phi) is 2.11. The molecule has 0 aliphatic rings. The van der Waals surface area contributed by atoms with Crippen LogP contribution in [0, 0.1) is 0 Å². The fraction of sp³-hybridized carbons (Fsp3) is 0.0714. The zero-order valence-corrected chi connectivity index (χ0v) is 9.46. The lowest BCUT2D eigenvalue weighted by Crippen LogP contribution is -1.91. The molecule has 0 aliphatic carbocycles. The number of imidazole rings is 1. The van der Waals surface area contributed by atoms with E-state index in [9.17, 15) is 5.11 Å². The third-order valence-corrected chi connectivity index (χ3v) is 2.92. The molecule has 0 bridgehead atoms. The van der Waals surface area contributed by atoms with Crippen LogP contribution in [-0.4, -0.2) is 14.7 Å². The van der Waals surface area contributed by atoms with E-state index in [1.54, 1.807) is 6.07 Å². The number of hydrogen-bond acceptors (Lipinski definition) is 2. The smallest absolute Gasteiger partial charge is 0.143 e. The van der Waals surface area contributed by atoms with E-state index in [0.29, 0.717) is 5.52 Å². The summed E-state index contributed by atoms with van der Waals surface area (Å²) in [5.41, 5.74) is 2.63. The molecule has 0 unspecified atom stereocenters. The zero-order valence-electron chi connectivity index (χ0n) is 9.46. The molecule has 1 heterocycles. The molecule has 3 aromatic rings. The third kappa shape index (κ3) is 1.47. The Balaban J connectivity index is 2.32. The quantitative estimate of drug-likeness (QED) is 0.690. The number of hydrogen-bond donors (Lipinski definition) is 1. The van der Waals surface area contributed by atoms with Crippen molar-refractivity contribution in [2.75, 3.05) is 0 Å². The summed E-state index contributed by atoms with van der Waals surface area (Å²) < 4.78 is 1.99. The van der Waals surface area contributed by atoms with E-state index in [4.69, 9.17) is 0 Å². The first-order chi connectivity index (χ1) is 8.27. The van der Waals surface area contributed by atoms with Crippen molar-refractivity contribution < 1.29 is 5.11 Å². The van der Waals surface area contributed by atoms with Crippen LogP contribution in [0.5, 0.6) is 5.75 Å². The Morgan fingerprint density at radius 1 is 1.00 bits per heavy atom. The number of aromatic nitrogens is 2. The van der Waals surface area contributed by atoms with Gasteiger partial charge in [0.15, 0.2) is 0 Å². The van der Waals surface area contributed by atoms with Crippen LogP contribution in [0.3, 0.4) is 0 Å². The van der Waals surface area contributed by atoms with Crippen LogP contribution in [0.15, 0.2) is 48.5 Å². The van der Waals surface area contributed by atoms with Gasteiger partial charge in [-0.3, -0.25) is 0 Å². The van der Waals surface area contributed by atoms with Crippen LogP contribution in [0.4, 0.5) is 0 Å². The molecule has 2 aromatic carbocycles. The lowest BCUT2D eigenvalue weighted by atomic mass is 10.2. The fourth-order valence-electron chi connectivity index (χ4n) is 2.05. The summed E-state index contributed by atoms with van der Waals surface area (Å²) in [6.45, 7) is 0.